The first-order chi connectivity index (χ1) is 11.7. The van der Waals surface area contributed by atoms with E-state index >= 15 is 0 Å². The van der Waals surface area contributed by atoms with E-state index in [9.17, 15) is 9.59 Å². The summed E-state index contributed by atoms with van der Waals surface area (Å²) in [6.45, 7) is 5.10. The lowest BCUT2D eigenvalue weighted by Gasteiger charge is -2.36. The molecule has 0 aliphatic carbocycles. The number of aromatic amines is 1. The van der Waals surface area contributed by atoms with Crippen molar-refractivity contribution in [1.82, 2.24) is 20.4 Å². The van der Waals surface area contributed by atoms with Crippen LogP contribution in [0.3, 0.4) is 0 Å². The van der Waals surface area contributed by atoms with Crippen LogP contribution in [0.2, 0.25) is 0 Å². The smallest absolute Gasteiger partial charge is 0.317 e. The molecule has 0 atom stereocenters. The molecule has 0 unspecified atom stereocenters. The van der Waals surface area contributed by atoms with Crippen molar-refractivity contribution >= 4 is 11.7 Å². The molecule has 1 saturated heterocycles. The maximum atomic E-state index is 11.9. The summed E-state index contributed by atoms with van der Waals surface area (Å²) in [7, 11) is 0. The molecule has 1 aliphatic heterocycles. The fraction of sp³-hybridized carbons (Fsp3) is 0.353. The van der Waals surface area contributed by atoms with Crippen molar-refractivity contribution in [3.8, 4) is 11.3 Å². The van der Waals surface area contributed by atoms with E-state index in [1.807, 2.05) is 37.3 Å². The maximum absolute atomic E-state index is 11.9. The molecule has 0 spiro atoms. The lowest BCUT2D eigenvalue weighted by molar-refractivity contribution is 0.195. The van der Waals surface area contributed by atoms with E-state index in [1.54, 1.807) is 11.0 Å². The van der Waals surface area contributed by atoms with Crippen molar-refractivity contribution in [1.29, 1.82) is 0 Å². The molecular formula is C17H21N5O2. The summed E-state index contributed by atoms with van der Waals surface area (Å²) in [6, 6.07) is 11.3. The van der Waals surface area contributed by atoms with Gasteiger partial charge in [-0.25, -0.2) is 9.89 Å². The minimum atomic E-state index is -0.226. The third kappa shape index (κ3) is 3.40. The van der Waals surface area contributed by atoms with Crippen LogP contribution in [0.1, 0.15) is 6.92 Å². The Labute approximate surface area is 140 Å². The molecule has 2 amide bonds. The van der Waals surface area contributed by atoms with Gasteiger partial charge in [0.2, 0.25) is 0 Å². The van der Waals surface area contributed by atoms with E-state index < -0.39 is 0 Å². The van der Waals surface area contributed by atoms with Crippen molar-refractivity contribution in [2.75, 3.05) is 37.6 Å². The molecule has 1 aromatic heterocycles. The van der Waals surface area contributed by atoms with Gasteiger partial charge < -0.3 is 15.1 Å². The van der Waals surface area contributed by atoms with Gasteiger partial charge in [-0.2, -0.15) is 5.10 Å². The fourth-order valence-electron chi connectivity index (χ4n) is 2.86. The van der Waals surface area contributed by atoms with Crippen LogP contribution in [0.25, 0.3) is 11.3 Å². The zero-order valence-corrected chi connectivity index (χ0v) is 13.7. The van der Waals surface area contributed by atoms with E-state index in [-0.39, 0.29) is 11.6 Å². The minimum absolute atomic E-state index is 0.0375. The molecule has 1 aliphatic rings. The van der Waals surface area contributed by atoms with Crippen LogP contribution in [0.5, 0.6) is 0 Å². The molecule has 1 fully saturated rings. The van der Waals surface area contributed by atoms with Crippen molar-refractivity contribution in [3.05, 3.63) is 46.8 Å². The average molecular weight is 327 g/mol. The zero-order chi connectivity index (χ0) is 16.9. The van der Waals surface area contributed by atoms with Crippen molar-refractivity contribution in [2.45, 2.75) is 6.92 Å². The Bertz CT molecular complexity index is 751. The number of hydrogen-bond acceptors (Lipinski definition) is 4. The third-order valence-corrected chi connectivity index (χ3v) is 4.07. The van der Waals surface area contributed by atoms with E-state index in [2.05, 4.69) is 20.4 Å². The van der Waals surface area contributed by atoms with Crippen molar-refractivity contribution in [2.24, 2.45) is 0 Å². The number of H-pyrrole nitrogens is 1. The fourth-order valence-corrected chi connectivity index (χ4v) is 2.86. The highest BCUT2D eigenvalue weighted by Gasteiger charge is 2.23. The number of rotatable bonds is 3. The number of hydrogen-bond donors (Lipinski definition) is 2. The van der Waals surface area contributed by atoms with Gasteiger partial charge in [0.25, 0.3) is 5.56 Å². The third-order valence-electron chi connectivity index (χ3n) is 4.07. The van der Waals surface area contributed by atoms with Gasteiger partial charge in [-0.15, -0.1) is 0 Å². The monoisotopic (exact) mass is 327 g/mol. The predicted octanol–water partition coefficient (Wildman–Crippen LogP) is 1.29. The molecule has 7 nitrogen and oxygen atoms in total. The molecule has 1 aromatic carbocycles. The molecule has 0 saturated carbocycles. The standard InChI is InChI=1S/C17H21N5O2/c1-2-18-17(24)22-10-8-21(9-11-22)14-12-15(23)19-20-16(14)13-6-4-3-5-7-13/h3-7,12H,2,8-11H2,1H3,(H,18,24)(H,19,23). The van der Waals surface area contributed by atoms with Crippen LogP contribution in [-0.2, 0) is 0 Å². The van der Waals surface area contributed by atoms with Gasteiger partial charge in [-0.05, 0) is 6.92 Å². The van der Waals surface area contributed by atoms with Crippen LogP contribution >= 0.6 is 0 Å². The van der Waals surface area contributed by atoms with Gasteiger partial charge in [-0.3, -0.25) is 4.79 Å². The number of benzene rings is 1. The van der Waals surface area contributed by atoms with Gasteiger partial charge in [0.15, 0.2) is 0 Å². The first-order valence-corrected chi connectivity index (χ1v) is 8.12. The summed E-state index contributed by atoms with van der Waals surface area (Å²) in [5.41, 5.74) is 2.29. The second-order valence-corrected chi connectivity index (χ2v) is 5.64. The number of nitrogens with one attached hydrogen (secondary N) is 2. The Kier molecular flexibility index (Phi) is 4.79. The van der Waals surface area contributed by atoms with Crippen LogP contribution in [0.15, 0.2) is 41.2 Å². The quantitative estimate of drug-likeness (QED) is 0.890. The Hall–Kier alpha value is -2.83. The molecule has 3 rings (SSSR count). The van der Waals surface area contributed by atoms with Crippen LogP contribution in [-0.4, -0.2) is 53.9 Å². The van der Waals surface area contributed by atoms with Crippen LogP contribution < -0.4 is 15.8 Å². The topological polar surface area (TPSA) is 81.3 Å². The van der Waals surface area contributed by atoms with E-state index in [0.717, 1.165) is 16.9 Å². The van der Waals surface area contributed by atoms with Crippen molar-refractivity contribution in [3.63, 3.8) is 0 Å². The second kappa shape index (κ2) is 7.16. The molecule has 7 heteroatoms. The molecule has 0 bridgehead atoms. The number of anilines is 1. The predicted molar refractivity (Wildman–Crippen MR) is 93.2 cm³/mol. The molecule has 126 valence electrons. The lowest BCUT2D eigenvalue weighted by atomic mass is 10.1. The number of amides is 2. The molecule has 24 heavy (non-hydrogen) atoms. The highest BCUT2D eigenvalue weighted by Crippen LogP contribution is 2.27. The lowest BCUT2D eigenvalue weighted by Crippen LogP contribution is -2.52. The molecule has 0 radical (unpaired) electrons. The number of aromatic nitrogens is 2. The zero-order valence-electron chi connectivity index (χ0n) is 13.7. The summed E-state index contributed by atoms with van der Waals surface area (Å²) in [4.78, 5) is 27.6. The largest absolute Gasteiger partial charge is 0.366 e. The maximum Gasteiger partial charge on any atom is 0.317 e. The summed E-state index contributed by atoms with van der Waals surface area (Å²) in [5, 5.41) is 9.57. The molecular weight excluding hydrogens is 306 g/mol. The minimum Gasteiger partial charge on any atom is -0.366 e. The van der Waals surface area contributed by atoms with Gasteiger partial charge in [0.1, 0.15) is 5.69 Å². The first-order valence-electron chi connectivity index (χ1n) is 8.12. The number of urea groups is 1. The van der Waals surface area contributed by atoms with Gasteiger partial charge in [-0.1, -0.05) is 30.3 Å². The number of piperazine rings is 1. The van der Waals surface area contributed by atoms with Crippen LogP contribution in [0.4, 0.5) is 10.5 Å². The SMILES string of the molecule is CCNC(=O)N1CCN(c2cc(=O)[nH]nc2-c2ccccc2)CC1. The average Bonchev–Trinajstić information content (AvgIpc) is 2.63. The van der Waals surface area contributed by atoms with Gasteiger partial charge >= 0.3 is 6.03 Å². The molecule has 2 heterocycles. The summed E-state index contributed by atoms with van der Waals surface area (Å²) >= 11 is 0. The van der Waals surface area contributed by atoms with E-state index in [0.29, 0.717) is 32.7 Å². The van der Waals surface area contributed by atoms with Gasteiger partial charge in [0, 0.05) is 44.4 Å². The first kappa shape index (κ1) is 16.0. The number of nitrogens with zero attached hydrogens (tertiary/aromatic N) is 3. The van der Waals surface area contributed by atoms with Crippen LogP contribution in [0, 0.1) is 0 Å². The Morgan fingerprint density at radius 3 is 2.58 bits per heavy atom. The van der Waals surface area contributed by atoms with Crippen molar-refractivity contribution < 1.29 is 4.79 Å². The van der Waals surface area contributed by atoms with Gasteiger partial charge in [0.05, 0.1) is 5.69 Å². The number of carbonyl (C=O) groups excluding carboxylic acids is 1. The highest BCUT2D eigenvalue weighted by atomic mass is 16.2. The summed E-state index contributed by atoms with van der Waals surface area (Å²) < 4.78 is 0. The Balaban J connectivity index is 1.82. The Morgan fingerprint density at radius 1 is 1.21 bits per heavy atom. The number of carbonyl (C=O) groups is 1. The van der Waals surface area contributed by atoms with E-state index in [4.69, 9.17) is 0 Å². The molecule has 2 aromatic rings. The summed E-state index contributed by atoms with van der Waals surface area (Å²) in [5.74, 6) is 0. The summed E-state index contributed by atoms with van der Waals surface area (Å²) in [6.07, 6.45) is 0. The van der Waals surface area contributed by atoms with E-state index in [1.165, 1.54) is 0 Å². The Morgan fingerprint density at radius 2 is 1.92 bits per heavy atom. The normalized spacial score (nSPS) is 14.5. The highest BCUT2D eigenvalue weighted by molar-refractivity contribution is 5.76. The molecule has 2 N–H and O–H groups in total. The second-order valence-electron chi connectivity index (χ2n) is 5.64.